The average Bonchev–Trinajstić information content (AvgIpc) is 3.48. The molecule has 0 unspecified atom stereocenters. The van der Waals surface area contributed by atoms with E-state index in [0.29, 0.717) is 19.5 Å². The van der Waals surface area contributed by atoms with Crippen molar-refractivity contribution in [1.82, 2.24) is 9.80 Å². The Balaban J connectivity index is 0.000000335. The summed E-state index contributed by atoms with van der Waals surface area (Å²) in [5, 5.41) is 17.8. The Kier molecular flexibility index (Phi) is 11.0. The Morgan fingerprint density at radius 2 is 1.42 bits per heavy atom. The maximum Gasteiger partial charge on any atom is 0.241 e. The lowest BCUT2D eigenvalue weighted by atomic mass is 9.73. The largest absolute Gasteiger partial charge is 0.320 e. The van der Waals surface area contributed by atoms with Crippen molar-refractivity contribution in [1.29, 1.82) is 10.5 Å². The number of hydrogen-bond donors (Lipinski definition) is 2. The first-order valence-corrected chi connectivity index (χ1v) is 11.5. The Hall–Kier alpha value is -2.94. The molecule has 0 aromatic rings. The van der Waals surface area contributed by atoms with Gasteiger partial charge >= 0.3 is 0 Å². The molecule has 0 bridgehead atoms. The molecule has 0 aromatic carbocycles. The summed E-state index contributed by atoms with van der Waals surface area (Å²) in [6.07, 6.45) is 10.2. The minimum Gasteiger partial charge on any atom is -0.320 e. The minimum atomic E-state index is -0.585. The third-order valence-electron chi connectivity index (χ3n) is 6.67. The van der Waals surface area contributed by atoms with Crippen LogP contribution in [0.2, 0.25) is 0 Å². The van der Waals surface area contributed by atoms with Gasteiger partial charge in [0.2, 0.25) is 11.8 Å². The molecule has 2 aliphatic heterocycles. The van der Waals surface area contributed by atoms with E-state index in [9.17, 15) is 9.59 Å². The molecule has 2 amide bonds. The molecule has 8 heteroatoms. The van der Waals surface area contributed by atoms with E-state index in [2.05, 4.69) is 33.4 Å². The molecule has 0 saturated carbocycles. The van der Waals surface area contributed by atoms with Crippen molar-refractivity contribution in [3.63, 3.8) is 0 Å². The molecule has 0 fully saturated rings. The van der Waals surface area contributed by atoms with Crippen LogP contribution in [0.5, 0.6) is 0 Å². The predicted molar refractivity (Wildman–Crippen MR) is 129 cm³/mol. The second kappa shape index (κ2) is 12.9. The first-order chi connectivity index (χ1) is 15.6. The van der Waals surface area contributed by atoms with Gasteiger partial charge < -0.3 is 21.3 Å². The van der Waals surface area contributed by atoms with Crippen molar-refractivity contribution in [2.24, 2.45) is 16.9 Å². The highest BCUT2D eigenvalue weighted by molar-refractivity contribution is 5.84. The molecule has 0 aliphatic carbocycles. The summed E-state index contributed by atoms with van der Waals surface area (Å²) in [4.78, 5) is 27.3. The molecule has 2 aliphatic rings. The van der Waals surface area contributed by atoms with Gasteiger partial charge in [-0.2, -0.15) is 10.5 Å². The molecule has 0 radical (unpaired) electrons. The average molecular weight is 455 g/mol. The molecule has 33 heavy (non-hydrogen) atoms. The third kappa shape index (κ3) is 6.77. The van der Waals surface area contributed by atoms with Crippen LogP contribution in [-0.4, -0.2) is 58.9 Å². The third-order valence-corrected chi connectivity index (χ3v) is 6.67. The van der Waals surface area contributed by atoms with Crippen molar-refractivity contribution in [2.45, 2.75) is 77.5 Å². The zero-order chi connectivity index (χ0) is 25.2. The number of nitrogens with zero attached hydrogens (tertiary/aromatic N) is 4. The second-order valence-corrected chi connectivity index (χ2v) is 8.65. The highest BCUT2D eigenvalue weighted by Crippen LogP contribution is 2.34. The maximum atomic E-state index is 12.4. The molecule has 0 aromatic heterocycles. The number of hydrogen-bond acceptors (Lipinski definition) is 6. The van der Waals surface area contributed by atoms with Crippen molar-refractivity contribution in [2.75, 3.05) is 13.1 Å². The summed E-state index contributed by atoms with van der Waals surface area (Å²) >= 11 is 0. The van der Waals surface area contributed by atoms with Gasteiger partial charge in [-0.15, -0.1) is 6.58 Å². The fourth-order valence-corrected chi connectivity index (χ4v) is 4.25. The van der Waals surface area contributed by atoms with Crippen LogP contribution in [0.4, 0.5) is 0 Å². The molecular weight excluding hydrogens is 416 g/mol. The molecule has 0 saturated heterocycles. The van der Waals surface area contributed by atoms with Gasteiger partial charge in [-0.1, -0.05) is 38.5 Å². The fraction of sp³-hybridized carbons (Fsp3) is 0.600. The van der Waals surface area contributed by atoms with E-state index in [0.717, 1.165) is 24.8 Å². The Bertz CT molecular complexity index is 838. The minimum absolute atomic E-state index is 0.0999. The number of carbonyl (C=O) groups excluding carboxylic acids is 2. The zero-order valence-electron chi connectivity index (χ0n) is 20.3. The lowest BCUT2D eigenvalue weighted by molar-refractivity contribution is -0.136. The Morgan fingerprint density at radius 1 is 1.00 bits per heavy atom. The molecule has 180 valence electrons. The molecule has 4 N–H and O–H groups in total. The van der Waals surface area contributed by atoms with E-state index in [-0.39, 0.29) is 17.2 Å². The fourth-order valence-electron chi connectivity index (χ4n) is 4.25. The lowest BCUT2D eigenvalue weighted by Crippen LogP contribution is -2.54. The number of amides is 2. The van der Waals surface area contributed by atoms with Crippen molar-refractivity contribution < 1.29 is 9.59 Å². The number of nitrogens with two attached hydrogens (primary N) is 2. The van der Waals surface area contributed by atoms with E-state index >= 15 is 0 Å². The van der Waals surface area contributed by atoms with Gasteiger partial charge in [-0.25, -0.2) is 0 Å². The van der Waals surface area contributed by atoms with Crippen molar-refractivity contribution in [3.05, 3.63) is 36.5 Å². The standard InChI is InChI=1S/C14H23N3O.C11H15N3O/c1-4-14(5-2,6-3)12(16)13(18)17-9-7-8-11(17)10-15;1-8(2)6-10(13)11(15)14-5-3-4-9(14)7-12/h7-8,11-12H,4-6,9,16H2,1-3H3;3-4,9-10H,1,5-6,13H2,2H3/t11-,12+;9-,10-/m00/s1. The van der Waals surface area contributed by atoms with Crippen LogP contribution < -0.4 is 11.5 Å². The molecule has 8 nitrogen and oxygen atoms in total. The van der Waals surface area contributed by atoms with Gasteiger partial charge in [-0.05, 0) is 50.2 Å². The van der Waals surface area contributed by atoms with Gasteiger partial charge in [0.15, 0.2) is 0 Å². The van der Waals surface area contributed by atoms with Gasteiger partial charge in [0.1, 0.15) is 12.1 Å². The second-order valence-electron chi connectivity index (χ2n) is 8.65. The summed E-state index contributed by atoms with van der Waals surface area (Å²) in [5.41, 5.74) is 12.6. The summed E-state index contributed by atoms with van der Waals surface area (Å²) in [6, 6.07) is 2.14. The predicted octanol–water partition coefficient (Wildman–Crippen LogP) is 2.39. The van der Waals surface area contributed by atoms with Crippen LogP contribution >= 0.6 is 0 Å². The van der Waals surface area contributed by atoms with Gasteiger partial charge in [0, 0.05) is 13.1 Å². The van der Waals surface area contributed by atoms with Crippen LogP contribution in [0.3, 0.4) is 0 Å². The maximum absolute atomic E-state index is 12.4. The van der Waals surface area contributed by atoms with Gasteiger partial charge in [0.05, 0.1) is 24.2 Å². The van der Waals surface area contributed by atoms with E-state index in [4.69, 9.17) is 22.0 Å². The van der Waals surface area contributed by atoms with E-state index < -0.39 is 24.2 Å². The summed E-state index contributed by atoms with van der Waals surface area (Å²) in [5.74, 6) is -0.286. The lowest BCUT2D eigenvalue weighted by Gasteiger charge is -2.38. The quantitative estimate of drug-likeness (QED) is 0.540. The molecule has 2 heterocycles. The topological polar surface area (TPSA) is 140 Å². The van der Waals surface area contributed by atoms with Gasteiger partial charge in [-0.3, -0.25) is 9.59 Å². The summed E-state index contributed by atoms with van der Waals surface area (Å²) in [6.45, 7) is 12.7. The molecule has 2 rings (SSSR count). The van der Waals surface area contributed by atoms with Crippen LogP contribution in [-0.2, 0) is 9.59 Å². The number of carbonyl (C=O) groups is 2. The summed E-state index contributed by atoms with van der Waals surface area (Å²) < 4.78 is 0. The van der Waals surface area contributed by atoms with E-state index in [1.54, 1.807) is 23.1 Å². The van der Waals surface area contributed by atoms with Crippen molar-refractivity contribution >= 4 is 11.8 Å². The molecule has 0 spiro atoms. The zero-order valence-corrected chi connectivity index (χ0v) is 20.3. The monoisotopic (exact) mass is 454 g/mol. The van der Waals surface area contributed by atoms with Crippen LogP contribution in [0, 0.1) is 28.1 Å². The Morgan fingerprint density at radius 3 is 1.79 bits per heavy atom. The molecule has 4 atom stereocenters. The highest BCUT2D eigenvalue weighted by atomic mass is 16.2. The number of nitriles is 2. The van der Waals surface area contributed by atoms with E-state index in [1.165, 1.54) is 4.90 Å². The highest BCUT2D eigenvalue weighted by Gasteiger charge is 2.40. The van der Waals surface area contributed by atoms with Crippen LogP contribution in [0.1, 0.15) is 53.4 Å². The summed E-state index contributed by atoms with van der Waals surface area (Å²) in [7, 11) is 0. The number of rotatable bonds is 8. The normalized spacial score (nSPS) is 21.0. The van der Waals surface area contributed by atoms with Crippen LogP contribution in [0.25, 0.3) is 0 Å². The first kappa shape index (κ1) is 28.1. The molecular formula is C25H38N6O2. The Labute approximate surface area is 198 Å². The van der Waals surface area contributed by atoms with E-state index in [1.807, 2.05) is 19.1 Å². The SMILES string of the molecule is C=C(C)C[C@H](N)C(=O)N1CC=C[C@H]1C#N.CCC(CC)(CC)[C@H](N)C(=O)N1CC=C[C@H]1C#N. The first-order valence-electron chi connectivity index (χ1n) is 11.5. The van der Waals surface area contributed by atoms with Gasteiger partial charge in [0.25, 0.3) is 0 Å². The van der Waals surface area contributed by atoms with Crippen molar-refractivity contribution in [3.8, 4) is 12.1 Å². The smallest absolute Gasteiger partial charge is 0.241 e. The van der Waals surface area contributed by atoms with Crippen LogP contribution in [0.15, 0.2) is 36.5 Å².